The Kier molecular flexibility index (Phi) is 30.8. The minimum atomic E-state index is 0. The Morgan fingerprint density at radius 3 is 0.889 bits per heavy atom. The zero-order valence-electron chi connectivity index (χ0n) is 11.5. The molecule has 0 atom stereocenters. The minimum absolute atomic E-state index is 0. The Bertz CT molecular complexity index is 272. The maximum atomic E-state index is 2.32. The summed E-state index contributed by atoms with van der Waals surface area (Å²) in [4.78, 5) is 4.63. The molecule has 1 radical (unpaired) electrons. The molecule has 0 N–H and O–H groups in total. The normalized spacial score (nSPS) is 6.89. The molecular weight excluding hydrogens is 449 g/mol. The van der Waals surface area contributed by atoms with Crippen LogP contribution in [0.5, 0.6) is 0 Å². The van der Waals surface area contributed by atoms with Crippen molar-refractivity contribution >= 4 is 21.1 Å². The third-order valence-electron chi connectivity index (χ3n) is 1.66. The van der Waals surface area contributed by atoms with Gasteiger partial charge in [0.15, 0.2) is 0 Å². The van der Waals surface area contributed by atoms with Gasteiger partial charge >= 0.3 is 57.2 Å². The summed E-state index contributed by atoms with van der Waals surface area (Å²) >= 11 is 0.110. The van der Waals surface area contributed by atoms with Gasteiger partial charge in [-0.15, -0.1) is 0 Å². The first-order valence-corrected chi connectivity index (χ1v) is 11.9. The third-order valence-corrected chi connectivity index (χ3v) is 1.66. The summed E-state index contributed by atoms with van der Waals surface area (Å²) in [7, 11) is 0. The predicted molar refractivity (Wildman–Crippen MR) is 72.4 cm³/mol. The third kappa shape index (κ3) is 19.3. The second-order valence-electron chi connectivity index (χ2n) is 3.50. The molecule has 0 nitrogen and oxygen atoms in total. The first kappa shape index (κ1) is 27.3. The van der Waals surface area contributed by atoms with Gasteiger partial charge < -0.3 is 24.8 Å². The van der Waals surface area contributed by atoms with Crippen LogP contribution >= 0.6 is 0 Å². The Balaban J connectivity index is -0.0000000793. The molecule has 0 spiro atoms. The second-order valence-corrected chi connectivity index (χ2v) is 6.80. The van der Waals surface area contributed by atoms with Crippen LogP contribution in [0.25, 0.3) is 0 Å². The summed E-state index contributed by atoms with van der Waals surface area (Å²) in [5.74, 6) is 0. The van der Waals surface area contributed by atoms with Gasteiger partial charge in [0.05, 0.1) is 0 Å². The van der Waals surface area contributed by atoms with Crippen molar-refractivity contribution in [1.82, 2.24) is 0 Å². The van der Waals surface area contributed by atoms with Gasteiger partial charge in [-0.25, -0.2) is 24.3 Å². The van der Waals surface area contributed by atoms with E-state index in [4.69, 9.17) is 0 Å². The summed E-state index contributed by atoms with van der Waals surface area (Å²) in [6, 6.07) is 16.5. The number of rotatable bonds is 0. The van der Waals surface area contributed by atoms with Crippen LogP contribution in [0.3, 0.4) is 0 Å². The molecule has 0 aromatic heterocycles. The van der Waals surface area contributed by atoms with Gasteiger partial charge in [0, 0.05) is 0 Å². The van der Waals surface area contributed by atoms with Gasteiger partial charge in [-0.1, -0.05) is 13.8 Å². The molecular formula is C14H21Cl2SnZr. The molecule has 2 aromatic carbocycles. The number of hydrogen-bond acceptors (Lipinski definition) is 0. The van der Waals surface area contributed by atoms with Gasteiger partial charge in [0.25, 0.3) is 0 Å². The Morgan fingerprint density at radius 1 is 0.667 bits per heavy atom. The van der Waals surface area contributed by atoms with Gasteiger partial charge in [0.1, 0.15) is 0 Å². The monoisotopic (exact) mass is 469 g/mol. The van der Waals surface area contributed by atoms with Crippen LogP contribution in [0.1, 0.15) is 11.1 Å². The number of aryl methyl sites for hydroxylation is 2. The Labute approximate surface area is 154 Å². The molecule has 0 saturated carbocycles. The zero-order valence-corrected chi connectivity index (χ0v) is 18.7. The van der Waals surface area contributed by atoms with Crippen molar-refractivity contribution in [3.63, 3.8) is 0 Å². The van der Waals surface area contributed by atoms with E-state index in [1.165, 1.54) is 11.1 Å². The molecule has 2 aromatic rings. The van der Waals surface area contributed by atoms with Crippen molar-refractivity contribution in [2.45, 2.75) is 23.7 Å². The van der Waals surface area contributed by atoms with Gasteiger partial charge in [-0.2, -0.15) is 35.4 Å². The van der Waals surface area contributed by atoms with Crippen LogP contribution in [-0.4, -0.2) is 21.1 Å². The van der Waals surface area contributed by atoms with Crippen LogP contribution in [0.2, 0.25) is 9.88 Å². The average molecular weight is 470 g/mol. The average Bonchev–Trinajstić information content (AvgIpc) is 2.81. The van der Waals surface area contributed by atoms with E-state index in [0.717, 1.165) is 0 Å². The summed E-state index contributed by atoms with van der Waals surface area (Å²) < 4.78 is 0. The van der Waals surface area contributed by atoms with Crippen LogP contribution in [0.4, 0.5) is 0 Å². The van der Waals surface area contributed by atoms with Crippen LogP contribution in [0, 0.1) is 13.8 Å². The summed E-state index contributed by atoms with van der Waals surface area (Å²) in [6.07, 6.45) is 0. The van der Waals surface area contributed by atoms with Gasteiger partial charge in [0.2, 0.25) is 0 Å². The van der Waals surface area contributed by atoms with Crippen molar-refractivity contribution in [1.29, 1.82) is 0 Å². The molecule has 0 aliphatic heterocycles. The zero-order chi connectivity index (χ0) is 11.5. The molecule has 0 aliphatic carbocycles. The van der Waals surface area contributed by atoms with E-state index in [0.29, 0.717) is 0 Å². The standard InChI is InChI=1S/2C6H7.2CH3.2ClH.Sn.Zr.H/c2*1-6-4-2-3-5-6;;;;;;;/h2*2-5H,1H3;2*1H3;2*1H;;;/q2*-1;;;;;;+4;/p-2. The number of hydrogen-bond donors (Lipinski definition) is 0. The van der Waals surface area contributed by atoms with E-state index in [9.17, 15) is 0 Å². The van der Waals surface area contributed by atoms with Gasteiger partial charge in [-0.3, -0.25) is 0 Å². The Morgan fingerprint density at radius 2 is 0.833 bits per heavy atom. The van der Waals surface area contributed by atoms with Crippen molar-refractivity contribution < 1.29 is 51.0 Å². The molecule has 0 unspecified atom stereocenters. The number of halogens is 2. The molecule has 99 valence electrons. The van der Waals surface area contributed by atoms with E-state index in [-0.39, 0.29) is 72.2 Å². The molecule has 2 rings (SSSR count). The summed E-state index contributed by atoms with van der Waals surface area (Å²) in [6.45, 7) is 4.17. The van der Waals surface area contributed by atoms with Crippen molar-refractivity contribution in [2.75, 3.05) is 0 Å². The van der Waals surface area contributed by atoms with Crippen LogP contribution in [0.15, 0.2) is 48.5 Å². The molecule has 0 heterocycles. The van der Waals surface area contributed by atoms with E-state index in [1.807, 2.05) is 24.3 Å². The summed E-state index contributed by atoms with van der Waals surface area (Å²) in [5, 5.41) is 0. The molecule has 0 amide bonds. The molecule has 4 heteroatoms. The molecule has 18 heavy (non-hydrogen) atoms. The molecule has 0 aliphatic rings. The van der Waals surface area contributed by atoms with Crippen LogP contribution in [-0.2, 0) is 26.2 Å². The Hall–Kier alpha value is 0.962. The van der Waals surface area contributed by atoms with Crippen molar-refractivity contribution in [2.24, 2.45) is 0 Å². The fourth-order valence-corrected chi connectivity index (χ4v) is 0.940. The minimum Gasteiger partial charge on any atom is -1.00 e. The van der Waals surface area contributed by atoms with Crippen molar-refractivity contribution in [3.8, 4) is 0 Å². The second kappa shape index (κ2) is 20.3. The molecule has 0 bridgehead atoms. The SMILES string of the molecule is C[c-]1cccc1.C[c-]1cccc1.[CH3][SnH][CH3].[Cl-].[Cl-].[Zr+4]. The fraction of sp³-hybridized carbons (Fsp3) is 0.286. The maximum absolute atomic E-state index is 2.32. The van der Waals surface area contributed by atoms with E-state index in [1.54, 1.807) is 0 Å². The van der Waals surface area contributed by atoms with E-state index < -0.39 is 0 Å². The summed E-state index contributed by atoms with van der Waals surface area (Å²) in [5.41, 5.74) is 2.69. The smallest absolute Gasteiger partial charge is 1.00 e. The molecule has 0 saturated heterocycles. The van der Waals surface area contributed by atoms with Crippen LogP contribution < -0.4 is 24.8 Å². The van der Waals surface area contributed by atoms with Gasteiger partial charge in [-0.05, 0) is 0 Å². The fourth-order valence-electron chi connectivity index (χ4n) is 0.940. The first-order valence-electron chi connectivity index (χ1n) is 5.31. The maximum Gasteiger partial charge on any atom is 4.00 e. The topological polar surface area (TPSA) is 0 Å². The van der Waals surface area contributed by atoms with E-state index in [2.05, 4.69) is 48.0 Å². The largest absolute Gasteiger partial charge is 4.00 e. The quantitative estimate of drug-likeness (QED) is 0.308. The van der Waals surface area contributed by atoms with Crippen molar-refractivity contribution in [3.05, 3.63) is 59.7 Å². The predicted octanol–water partition coefficient (Wildman–Crippen LogP) is -2.05. The first-order chi connectivity index (χ1) is 7.20. The van der Waals surface area contributed by atoms with E-state index >= 15 is 0 Å². The molecule has 0 fully saturated rings.